The maximum atomic E-state index is 11.2. The molecule has 5 heteroatoms. The second kappa shape index (κ2) is 4.12. The average Bonchev–Trinajstić information content (AvgIpc) is 2.73. The summed E-state index contributed by atoms with van der Waals surface area (Å²) in [5.41, 5.74) is 1.32. The molecule has 0 saturated heterocycles. The molecule has 0 spiro atoms. The van der Waals surface area contributed by atoms with Gasteiger partial charge in [0.2, 0.25) is 0 Å². The molecular formula is C14H13NO4. The van der Waals surface area contributed by atoms with Crippen LogP contribution in [-0.4, -0.2) is 17.0 Å². The SMILES string of the molecule is CC(C)C1Oc2cc3oc(=O)ccc3cc2/C1=N\O. The highest BCUT2D eigenvalue weighted by molar-refractivity contribution is 6.10. The van der Waals surface area contributed by atoms with Crippen LogP contribution in [0.2, 0.25) is 0 Å². The van der Waals surface area contributed by atoms with Gasteiger partial charge in [-0.1, -0.05) is 19.0 Å². The van der Waals surface area contributed by atoms with Crippen LogP contribution < -0.4 is 10.4 Å². The lowest BCUT2D eigenvalue weighted by Gasteiger charge is -2.14. The summed E-state index contributed by atoms with van der Waals surface area (Å²) >= 11 is 0. The van der Waals surface area contributed by atoms with Crippen molar-refractivity contribution in [3.8, 4) is 5.75 Å². The first kappa shape index (κ1) is 11.8. The van der Waals surface area contributed by atoms with E-state index < -0.39 is 5.63 Å². The Morgan fingerprint density at radius 3 is 2.79 bits per heavy atom. The molecule has 5 nitrogen and oxygen atoms in total. The van der Waals surface area contributed by atoms with Gasteiger partial charge in [0, 0.05) is 23.1 Å². The predicted octanol–water partition coefficient (Wildman–Crippen LogP) is 2.39. The van der Waals surface area contributed by atoms with Crippen LogP contribution in [0.4, 0.5) is 0 Å². The van der Waals surface area contributed by atoms with Gasteiger partial charge in [0.15, 0.2) is 0 Å². The van der Waals surface area contributed by atoms with Crippen molar-refractivity contribution in [1.82, 2.24) is 0 Å². The third kappa shape index (κ3) is 1.78. The largest absolute Gasteiger partial charge is 0.483 e. The molecule has 1 N–H and O–H groups in total. The van der Waals surface area contributed by atoms with E-state index in [1.165, 1.54) is 6.07 Å². The lowest BCUT2D eigenvalue weighted by atomic mass is 9.98. The quantitative estimate of drug-likeness (QED) is 0.485. The first-order valence-corrected chi connectivity index (χ1v) is 6.07. The Kier molecular flexibility index (Phi) is 2.55. The van der Waals surface area contributed by atoms with Crippen LogP contribution in [-0.2, 0) is 0 Å². The van der Waals surface area contributed by atoms with Crippen molar-refractivity contribution in [3.05, 3.63) is 40.2 Å². The molecule has 98 valence electrons. The van der Waals surface area contributed by atoms with Crippen molar-refractivity contribution in [2.24, 2.45) is 11.1 Å². The van der Waals surface area contributed by atoms with Gasteiger partial charge in [0.05, 0.1) is 0 Å². The van der Waals surface area contributed by atoms with Crippen molar-refractivity contribution >= 4 is 16.7 Å². The normalized spacial score (nSPS) is 19.9. The molecule has 0 aliphatic carbocycles. The minimum atomic E-state index is -0.401. The van der Waals surface area contributed by atoms with Gasteiger partial charge in [0.25, 0.3) is 0 Å². The molecule has 1 aromatic heterocycles. The molecule has 2 heterocycles. The lowest BCUT2D eigenvalue weighted by Crippen LogP contribution is -2.27. The summed E-state index contributed by atoms with van der Waals surface area (Å²) in [6, 6.07) is 6.52. The van der Waals surface area contributed by atoms with Crippen molar-refractivity contribution in [3.63, 3.8) is 0 Å². The Morgan fingerprint density at radius 2 is 2.11 bits per heavy atom. The van der Waals surface area contributed by atoms with E-state index in [-0.39, 0.29) is 12.0 Å². The second-order valence-corrected chi connectivity index (χ2v) is 4.91. The molecule has 2 aromatic rings. The molecular weight excluding hydrogens is 246 g/mol. The van der Waals surface area contributed by atoms with Crippen LogP contribution in [0.3, 0.4) is 0 Å². The van der Waals surface area contributed by atoms with E-state index in [4.69, 9.17) is 9.15 Å². The summed E-state index contributed by atoms with van der Waals surface area (Å²) in [5.74, 6) is 0.752. The highest BCUT2D eigenvalue weighted by atomic mass is 16.5. The van der Waals surface area contributed by atoms with E-state index in [0.29, 0.717) is 17.0 Å². The van der Waals surface area contributed by atoms with Crippen LogP contribution >= 0.6 is 0 Å². The van der Waals surface area contributed by atoms with Crippen molar-refractivity contribution < 1.29 is 14.4 Å². The Bertz CT molecular complexity index is 730. The molecule has 0 saturated carbocycles. The Labute approximate surface area is 109 Å². The van der Waals surface area contributed by atoms with Gasteiger partial charge in [-0.2, -0.15) is 0 Å². The van der Waals surface area contributed by atoms with E-state index >= 15 is 0 Å². The number of oxime groups is 1. The van der Waals surface area contributed by atoms with E-state index in [0.717, 1.165) is 10.9 Å². The van der Waals surface area contributed by atoms with E-state index in [9.17, 15) is 10.0 Å². The van der Waals surface area contributed by atoms with Gasteiger partial charge in [-0.25, -0.2) is 4.79 Å². The van der Waals surface area contributed by atoms with Gasteiger partial charge >= 0.3 is 5.63 Å². The number of hydrogen-bond acceptors (Lipinski definition) is 5. The molecule has 0 radical (unpaired) electrons. The maximum absolute atomic E-state index is 11.2. The zero-order valence-electron chi connectivity index (χ0n) is 10.6. The van der Waals surface area contributed by atoms with Crippen molar-refractivity contribution in [2.45, 2.75) is 20.0 Å². The van der Waals surface area contributed by atoms with Gasteiger partial charge in [-0.15, -0.1) is 0 Å². The minimum Gasteiger partial charge on any atom is -0.483 e. The molecule has 0 amide bonds. The monoisotopic (exact) mass is 259 g/mol. The molecule has 3 rings (SSSR count). The fraction of sp³-hybridized carbons (Fsp3) is 0.286. The summed E-state index contributed by atoms with van der Waals surface area (Å²) in [5, 5.41) is 13.3. The molecule has 1 atom stereocenters. The van der Waals surface area contributed by atoms with E-state index in [2.05, 4.69) is 5.16 Å². The van der Waals surface area contributed by atoms with Crippen molar-refractivity contribution in [2.75, 3.05) is 0 Å². The van der Waals surface area contributed by atoms with Crippen molar-refractivity contribution in [1.29, 1.82) is 0 Å². The van der Waals surface area contributed by atoms with Gasteiger partial charge < -0.3 is 14.4 Å². The van der Waals surface area contributed by atoms with E-state index in [1.54, 1.807) is 12.1 Å². The standard InChI is InChI=1S/C14H13NO4/c1-7(2)14-13(15-17)9-5-8-3-4-12(16)18-10(8)6-11(9)19-14/h3-7,14,17H,1-2H3/b15-13+. The predicted molar refractivity (Wildman–Crippen MR) is 70.1 cm³/mol. The fourth-order valence-electron chi connectivity index (χ4n) is 2.30. The minimum absolute atomic E-state index is 0.174. The Hall–Kier alpha value is -2.30. The molecule has 1 unspecified atom stereocenters. The van der Waals surface area contributed by atoms with Crippen LogP contribution in [0.5, 0.6) is 5.75 Å². The number of fused-ring (bicyclic) bond motifs is 2. The van der Waals surface area contributed by atoms with Gasteiger partial charge in [-0.3, -0.25) is 0 Å². The molecule has 0 bridgehead atoms. The summed E-state index contributed by atoms with van der Waals surface area (Å²) < 4.78 is 10.9. The first-order chi connectivity index (χ1) is 9.10. The number of rotatable bonds is 1. The summed E-state index contributed by atoms with van der Waals surface area (Å²) in [6.07, 6.45) is -0.288. The number of hydrogen-bond donors (Lipinski definition) is 1. The highest BCUT2D eigenvalue weighted by Crippen LogP contribution is 2.35. The first-order valence-electron chi connectivity index (χ1n) is 6.07. The third-order valence-electron chi connectivity index (χ3n) is 3.23. The van der Waals surface area contributed by atoms with Crippen LogP contribution in [0, 0.1) is 5.92 Å². The smallest absolute Gasteiger partial charge is 0.336 e. The second-order valence-electron chi connectivity index (χ2n) is 4.91. The Morgan fingerprint density at radius 1 is 1.32 bits per heavy atom. The number of ether oxygens (including phenoxy) is 1. The molecule has 1 aliphatic heterocycles. The van der Waals surface area contributed by atoms with E-state index in [1.807, 2.05) is 19.9 Å². The van der Waals surface area contributed by atoms with Gasteiger partial charge in [-0.05, 0) is 18.1 Å². The lowest BCUT2D eigenvalue weighted by molar-refractivity contribution is 0.222. The average molecular weight is 259 g/mol. The zero-order valence-corrected chi connectivity index (χ0v) is 10.6. The summed E-state index contributed by atoms with van der Waals surface area (Å²) in [7, 11) is 0. The maximum Gasteiger partial charge on any atom is 0.336 e. The fourth-order valence-corrected chi connectivity index (χ4v) is 2.30. The number of nitrogens with zero attached hydrogens (tertiary/aromatic N) is 1. The molecule has 1 aliphatic rings. The summed E-state index contributed by atoms with van der Waals surface area (Å²) in [6.45, 7) is 3.98. The molecule has 0 fully saturated rings. The topological polar surface area (TPSA) is 72.0 Å². The van der Waals surface area contributed by atoms with Crippen LogP contribution in [0.15, 0.2) is 38.6 Å². The molecule has 19 heavy (non-hydrogen) atoms. The van der Waals surface area contributed by atoms with Gasteiger partial charge in [0.1, 0.15) is 23.1 Å². The Balaban J connectivity index is 2.22. The van der Waals surface area contributed by atoms with Crippen LogP contribution in [0.1, 0.15) is 19.4 Å². The summed E-state index contributed by atoms with van der Waals surface area (Å²) in [4.78, 5) is 11.2. The highest BCUT2D eigenvalue weighted by Gasteiger charge is 2.33. The third-order valence-corrected chi connectivity index (χ3v) is 3.23. The zero-order chi connectivity index (χ0) is 13.6. The molecule has 1 aromatic carbocycles. The van der Waals surface area contributed by atoms with Crippen LogP contribution in [0.25, 0.3) is 11.0 Å². The number of benzene rings is 1.